The largest absolute Gasteiger partial charge is 0.480 e. The zero-order valence-corrected chi connectivity index (χ0v) is 28.5. The molecular formula is C37H68N2O5. The normalized spacial score (nSPS) is 13.0. The third kappa shape index (κ3) is 28.6. The van der Waals surface area contributed by atoms with Crippen LogP contribution in [0, 0.1) is 0 Å². The highest BCUT2D eigenvalue weighted by Gasteiger charge is 2.19. The Kier molecular flexibility index (Phi) is 30.7. The van der Waals surface area contributed by atoms with E-state index in [-0.39, 0.29) is 18.0 Å². The Hall–Kier alpha value is -2.15. The predicted molar refractivity (Wildman–Crippen MR) is 184 cm³/mol. The summed E-state index contributed by atoms with van der Waals surface area (Å²) >= 11 is 0. The highest BCUT2D eigenvalue weighted by Crippen LogP contribution is 2.18. The summed E-state index contributed by atoms with van der Waals surface area (Å²) in [5.74, 6) is -1.28. The van der Waals surface area contributed by atoms with E-state index >= 15 is 0 Å². The van der Waals surface area contributed by atoms with Gasteiger partial charge in [-0.25, -0.2) is 4.79 Å². The van der Waals surface area contributed by atoms with Crippen molar-refractivity contribution in [3.05, 3.63) is 24.3 Å². The van der Waals surface area contributed by atoms with Crippen molar-refractivity contribution in [3.8, 4) is 0 Å². The first-order chi connectivity index (χ1) is 21.4. The van der Waals surface area contributed by atoms with Crippen LogP contribution in [0.1, 0.15) is 174 Å². The maximum atomic E-state index is 12.6. The third-order valence-corrected chi connectivity index (χ3v) is 8.00. The summed E-state index contributed by atoms with van der Waals surface area (Å²) in [5, 5.41) is 11.9. The van der Waals surface area contributed by atoms with Gasteiger partial charge in [0.25, 0.3) is 0 Å². The number of amides is 1. The summed E-state index contributed by atoms with van der Waals surface area (Å²) in [7, 11) is 0. The zero-order chi connectivity index (χ0) is 32.5. The van der Waals surface area contributed by atoms with Gasteiger partial charge in [0, 0.05) is 12.8 Å². The number of unbranched alkanes of at least 4 members (excludes halogenated alkanes) is 14. The second-order valence-corrected chi connectivity index (χ2v) is 12.3. The van der Waals surface area contributed by atoms with E-state index in [4.69, 9.17) is 10.5 Å². The lowest BCUT2D eigenvalue weighted by Gasteiger charge is -2.18. The van der Waals surface area contributed by atoms with Crippen molar-refractivity contribution >= 4 is 17.8 Å². The van der Waals surface area contributed by atoms with Crippen molar-refractivity contribution in [1.82, 2.24) is 5.32 Å². The average molecular weight is 621 g/mol. The highest BCUT2D eigenvalue weighted by atomic mass is 16.5. The number of carboxylic acids is 1. The van der Waals surface area contributed by atoms with E-state index in [2.05, 4.69) is 43.5 Å². The van der Waals surface area contributed by atoms with E-state index in [1.54, 1.807) is 0 Å². The van der Waals surface area contributed by atoms with Crippen LogP contribution in [0.3, 0.4) is 0 Å². The summed E-state index contributed by atoms with van der Waals surface area (Å²) < 4.78 is 5.95. The lowest BCUT2D eigenvalue weighted by atomic mass is 10.0. The van der Waals surface area contributed by atoms with E-state index in [0.717, 1.165) is 70.6 Å². The van der Waals surface area contributed by atoms with Crippen molar-refractivity contribution in [1.29, 1.82) is 0 Å². The van der Waals surface area contributed by atoms with Gasteiger partial charge < -0.3 is 20.9 Å². The predicted octanol–water partition coefficient (Wildman–Crippen LogP) is 9.33. The van der Waals surface area contributed by atoms with Crippen molar-refractivity contribution in [2.75, 3.05) is 6.54 Å². The van der Waals surface area contributed by atoms with Gasteiger partial charge in [-0.15, -0.1) is 0 Å². The number of rotatable bonds is 32. The standard InChI is InChI=1S/C37H68N2O5/c1-3-5-7-9-11-12-13-14-15-16-17-19-25-31-36(41)44-33(27-22-18-10-8-6-4-2)28-23-20-21-24-30-35(40)39-34(37(42)43)29-26-32-38/h7,9,12-13,33-34H,3-6,8,10-11,14-32,38H2,1-2H3,(H,39,40)(H,42,43)/b9-7-,13-12-. The fraction of sp³-hybridized carbons (Fsp3) is 0.811. The maximum absolute atomic E-state index is 12.6. The van der Waals surface area contributed by atoms with E-state index in [1.165, 1.54) is 64.2 Å². The minimum atomic E-state index is -1.01. The number of carboxylic acid groups (broad SMARTS) is 1. The van der Waals surface area contributed by atoms with Crippen LogP contribution in [0.2, 0.25) is 0 Å². The number of carbonyl (C=O) groups is 3. The van der Waals surface area contributed by atoms with Gasteiger partial charge in [-0.3, -0.25) is 9.59 Å². The van der Waals surface area contributed by atoms with E-state index in [0.29, 0.717) is 32.2 Å². The maximum Gasteiger partial charge on any atom is 0.326 e. The molecule has 0 rings (SSSR count). The van der Waals surface area contributed by atoms with Crippen LogP contribution in [0.4, 0.5) is 0 Å². The van der Waals surface area contributed by atoms with Crippen molar-refractivity contribution in [2.45, 2.75) is 187 Å². The minimum Gasteiger partial charge on any atom is -0.480 e. The summed E-state index contributed by atoms with van der Waals surface area (Å²) in [6.07, 6.45) is 33.6. The molecule has 256 valence electrons. The number of carbonyl (C=O) groups excluding carboxylic acids is 2. The number of allylic oxidation sites excluding steroid dienone is 4. The fourth-order valence-electron chi connectivity index (χ4n) is 5.25. The molecule has 0 fully saturated rings. The molecule has 7 heteroatoms. The van der Waals surface area contributed by atoms with Gasteiger partial charge in [0.2, 0.25) is 5.91 Å². The fourth-order valence-corrected chi connectivity index (χ4v) is 5.25. The Labute approximate surface area is 270 Å². The van der Waals surface area contributed by atoms with Crippen molar-refractivity contribution < 1.29 is 24.2 Å². The molecule has 0 saturated carbocycles. The lowest BCUT2D eigenvalue weighted by molar-refractivity contribution is -0.150. The third-order valence-electron chi connectivity index (χ3n) is 8.00. The Balaban J connectivity index is 4.23. The van der Waals surface area contributed by atoms with E-state index in [1.807, 2.05) is 0 Å². The lowest BCUT2D eigenvalue weighted by Crippen LogP contribution is -2.40. The molecule has 0 radical (unpaired) electrons. The molecule has 2 atom stereocenters. The Morgan fingerprint density at radius 3 is 1.84 bits per heavy atom. The van der Waals surface area contributed by atoms with Gasteiger partial charge in [0.15, 0.2) is 0 Å². The Morgan fingerprint density at radius 2 is 1.23 bits per heavy atom. The molecule has 0 aliphatic rings. The van der Waals surface area contributed by atoms with Crippen LogP contribution in [-0.2, 0) is 19.1 Å². The number of nitrogens with one attached hydrogen (secondary N) is 1. The number of ether oxygens (including phenoxy) is 1. The minimum absolute atomic E-state index is 0.0144. The van der Waals surface area contributed by atoms with Crippen LogP contribution in [0.5, 0.6) is 0 Å². The number of hydrogen-bond donors (Lipinski definition) is 3. The number of aliphatic carboxylic acids is 1. The molecule has 0 heterocycles. The highest BCUT2D eigenvalue weighted by molar-refractivity contribution is 5.83. The molecule has 0 spiro atoms. The molecule has 7 nitrogen and oxygen atoms in total. The van der Waals surface area contributed by atoms with Gasteiger partial charge in [-0.1, -0.05) is 109 Å². The van der Waals surface area contributed by atoms with E-state index < -0.39 is 12.0 Å². The Bertz CT molecular complexity index is 752. The average Bonchev–Trinajstić information content (AvgIpc) is 3.00. The molecule has 0 aromatic heterocycles. The molecule has 1 amide bonds. The molecule has 0 bridgehead atoms. The molecule has 2 unspecified atom stereocenters. The van der Waals surface area contributed by atoms with Crippen LogP contribution < -0.4 is 11.1 Å². The molecule has 0 aliphatic heterocycles. The monoisotopic (exact) mass is 621 g/mol. The van der Waals surface area contributed by atoms with Gasteiger partial charge in [-0.2, -0.15) is 0 Å². The first-order valence-corrected chi connectivity index (χ1v) is 18.2. The molecule has 0 aromatic rings. The van der Waals surface area contributed by atoms with Gasteiger partial charge in [0.1, 0.15) is 12.1 Å². The summed E-state index contributed by atoms with van der Waals surface area (Å²) in [6.45, 7) is 4.83. The SMILES string of the molecule is CCC/C=C\C/C=C\CCCCCCCC(=O)OC(CCCCCCCC)CCCCCCC(=O)NC(CCCN)C(=O)O. The van der Waals surface area contributed by atoms with Gasteiger partial charge in [-0.05, 0) is 83.6 Å². The smallest absolute Gasteiger partial charge is 0.326 e. The van der Waals surface area contributed by atoms with Crippen LogP contribution in [0.25, 0.3) is 0 Å². The summed E-state index contributed by atoms with van der Waals surface area (Å²) in [5.41, 5.74) is 5.46. The van der Waals surface area contributed by atoms with Crippen LogP contribution in [-0.4, -0.2) is 41.6 Å². The topological polar surface area (TPSA) is 119 Å². The molecule has 0 saturated heterocycles. The van der Waals surface area contributed by atoms with Crippen molar-refractivity contribution in [2.24, 2.45) is 5.73 Å². The zero-order valence-electron chi connectivity index (χ0n) is 28.5. The first kappa shape index (κ1) is 41.9. The first-order valence-electron chi connectivity index (χ1n) is 18.2. The number of hydrogen-bond acceptors (Lipinski definition) is 5. The van der Waals surface area contributed by atoms with Crippen LogP contribution >= 0.6 is 0 Å². The summed E-state index contributed by atoms with van der Waals surface area (Å²) in [4.78, 5) is 36.1. The number of esters is 1. The molecule has 0 aromatic carbocycles. The second kappa shape index (κ2) is 32.2. The van der Waals surface area contributed by atoms with Gasteiger partial charge >= 0.3 is 11.9 Å². The second-order valence-electron chi connectivity index (χ2n) is 12.3. The molecule has 4 N–H and O–H groups in total. The van der Waals surface area contributed by atoms with Crippen LogP contribution in [0.15, 0.2) is 24.3 Å². The molecule has 0 aliphatic carbocycles. The quantitative estimate of drug-likeness (QED) is 0.0392. The summed E-state index contributed by atoms with van der Waals surface area (Å²) in [6, 6.07) is -0.862. The molecule has 44 heavy (non-hydrogen) atoms. The van der Waals surface area contributed by atoms with Gasteiger partial charge in [0.05, 0.1) is 0 Å². The van der Waals surface area contributed by atoms with Crippen molar-refractivity contribution in [3.63, 3.8) is 0 Å². The number of nitrogens with two attached hydrogens (primary N) is 1. The molecular weight excluding hydrogens is 552 g/mol. The Morgan fingerprint density at radius 1 is 0.659 bits per heavy atom. The van der Waals surface area contributed by atoms with E-state index in [9.17, 15) is 19.5 Å².